The van der Waals surface area contributed by atoms with Crippen molar-refractivity contribution in [3.8, 4) is 11.1 Å². The largest absolute Gasteiger partial charge is 0.207 e. The second kappa shape index (κ2) is 11.2. The minimum Gasteiger partial charge on any atom is -0.207 e. The summed E-state index contributed by atoms with van der Waals surface area (Å²) in [6, 6.07) is 30.5. The molecule has 4 rings (SSSR count). The van der Waals surface area contributed by atoms with Crippen LogP contribution in [0.4, 0.5) is 8.78 Å². The van der Waals surface area contributed by atoms with Gasteiger partial charge in [-0.1, -0.05) is 99.1 Å². The zero-order valence-corrected chi connectivity index (χ0v) is 20.0. The SMILES string of the molecule is CCCc1c(F)cc(-c2ccc(CCc3ccc(CC(C)c4ccccc4)cc3)cc2)cc1F. The lowest BCUT2D eigenvalue weighted by atomic mass is 9.93. The Morgan fingerprint density at radius 3 is 1.71 bits per heavy atom. The summed E-state index contributed by atoms with van der Waals surface area (Å²) in [5, 5.41) is 0. The molecule has 1 unspecified atom stereocenters. The molecule has 0 amide bonds. The van der Waals surface area contributed by atoms with Gasteiger partial charge < -0.3 is 0 Å². The fourth-order valence-electron chi connectivity index (χ4n) is 4.51. The summed E-state index contributed by atoms with van der Waals surface area (Å²) in [4.78, 5) is 0. The molecule has 0 aliphatic heterocycles. The molecule has 0 aromatic heterocycles. The number of hydrogen-bond acceptors (Lipinski definition) is 0. The van der Waals surface area contributed by atoms with Gasteiger partial charge in [0, 0.05) is 5.56 Å². The van der Waals surface area contributed by atoms with E-state index in [4.69, 9.17) is 0 Å². The maximum absolute atomic E-state index is 14.3. The van der Waals surface area contributed by atoms with Crippen molar-refractivity contribution in [3.63, 3.8) is 0 Å². The Balaban J connectivity index is 1.34. The summed E-state index contributed by atoms with van der Waals surface area (Å²) in [5.74, 6) is -0.416. The van der Waals surface area contributed by atoms with Gasteiger partial charge in [0.2, 0.25) is 0 Å². The molecule has 0 spiro atoms. The van der Waals surface area contributed by atoms with E-state index in [0.717, 1.165) is 31.2 Å². The van der Waals surface area contributed by atoms with Crippen LogP contribution in [0.2, 0.25) is 0 Å². The average Bonchev–Trinajstić information content (AvgIpc) is 2.86. The molecule has 2 heteroatoms. The van der Waals surface area contributed by atoms with Gasteiger partial charge in [0.1, 0.15) is 11.6 Å². The zero-order chi connectivity index (χ0) is 23.9. The van der Waals surface area contributed by atoms with Crippen molar-refractivity contribution in [3.05, 3.63) is 130 Å². The fraction of sp³-hybridized carbons (Fsp3) is 0.250. The fourth-order valence-corrected chi connectivity index (χ4v) is 4.51. The lowest BCUT2D eigenvalue weighted by Gasteiger charge is -2.12. The minimum atomic E-state index is -0.456. The quantitative estimate of drug-likeness (QED) is 0.237. The molecule has 4 aromatic carbocycles. The molecule has 0 saturated carbocycles. The molecule has 34 heavy (non-hydrogen) atoms. The highest BCUT2D eigenvalue weighted by Gasteiger charge is 2.12. The first-order valence-electron chi connectivity index (χ1n) is 12.2. The summed E-state index contributed by atoms with van der Waals surface area (Å²) in [7, 11) is 0. The van der Waals surface area contributed by atoms with Crippen LogP contribution in [0, 0.1) is 11.6 Å². The number of halogens is 2. The van der Waals surface area contributed by atoms with Crippen LogP contribution in [-0.4, -0.2) is 0 Å². The average molecular weight is 455 g/mol. The van der Waals surface area contributed by atoms with Crippen LogP contribution in [0.15, 0.2) is 91.0 Å². The summed E-state index contributed by atoms with van der Waals surface area (Å²) in [6.07, 6.45) is 4.06. The maximum Gasteiger partial charge on any atom is 0.129 e. The van der Waals surface area contributed by atoms with Gasteiger partial charge in [0.25, 0.3) is 0 Å². The summed E-state index contributed by atoms with van der Waals surface area (Å²) >= 11 is 0. The molecule has 1 atom stereocenters. The third-order valence-corrected chi connectivity index (χ3v) is 6.56. The first-order chi connectivity index (χ1) is 16.5. The van der Waals surface area contributed by atoms with Gasteiger partial charge in [-0.15, -0.1) is 0 Å². The summed E-state index contributed by atoms with van der Waals surface area (Å²) in [5.41, 5.74) is 6.86. The smallest absolute Gasteiger partial charge is 0.129 e. The highest BCUT2D eigenvalue weighted by atomic mass is 19.1. The topological polar surface area (TPSA) is 0 Å². The number of rotatable bonds is 9. The van der Waals surface area contributed by atoms with Crippen molar-refractivity contribution in [1.82, 2.24) is 0 Å². The van der Waals surface area contributed by atoms with Crippen molar-refractivity contribution in [1.29, 1.82) is 0 Å². The predicted octanol–water partition coefficient (Wildman–Crippen LogP) is 8.72. The van der Waals surface area contributed by atoms with Crippen LogP contribution >= 0.6 is 0 Å². The van der Waals surface area contributed by atoms with E-state index in [9.17, 15) is 8.78 Å². The molecule has 0 aliphatic rings. The monoisotopic (exact) mass is 454 g/mol. The Bertz CT molecular complexity index is 1170. The highest BCUT2D eigenvalue weighted by molar-refractivity contribution is 5.64. The van der Waals surface area contributed by atoms with E-state index in [1.165, 1.54) is 34.4 Å². The third kappa shape index (κ3) is 5.99. The van der Waals surface area contributed by atoms with Gasteiger partial charge in [-0.3, -0.25) is 0 Å². The normalized spacial score (nSPS) is 12.0. The first-order valence-corrected chi connectivity index (χ1v) is 12.2. The van der Waals surface area contributed by atoms with Crippen molar-refractivity contribution >= 4 is 0 Å². The van der Waals surface area contributed by atoms with Gasteiger partial charge in [0.15, 0.2) is 0 Å². The standard InChI is InChI=1S/C32H32F2/c1-3-7-30-31(33)21-29(22-32(30)34)28-18-16-25(17-19-28)11-10-24-12-14-26(15-13-24)20-23(2)27-8-5-4-6-9-27/h4-6,8-9,12-19,21-23H,3,7,10-11,20H2,1-2H3. The molecule has 0 heterocycles. The third-order valence-electron chi connectivity index (χ3n) is 6.56. The Morgan fingerprint density at radius 1 is 0.618 bits per heavy atom. The van der Waals surface area contributed by atoms with Crippen molar-refractivity contribution < 1.29 is 8.78 Å². The van der Waals surface area contributed by atoms with E-state index in [1.54, 1.807) is 0 Å². The Morgan fingerprint density at radius 2 is 1.15 bits per heavy atom. The van der Waals surface area contributed by atoms with E-state index in [-0.39, 0.29) is 5.56 Å². The van der Waals surface area contributed by atoms with Crippen LogP contribution in [-0.2, 0) is 25.7 Å². The highest BCUT2D eigenvalue weighted by Crippen LogP contribution is 2.26. The molecular formula is C32H32F2. The van der Waals surface area contributed by atoms with E-state index >= 15 is 0 Å². The number of aryl methyl sites for hydroxylation is 2. The second-order valence-electron chi connectivity index (χ2n) is 9.20. The molecule has 0 radical (unpaired) electrons. The van der Waals surface area contributed by atoms with Gasteiger partial charge in [-0.05, 0) is 77.1 Å². The van der Waals surface area contributed by atoms with Crippen LogP contribution in [0.3, 0.4) is 0 Å². The van der Waals surface area contributed by atoms with E-state index in [1.807, 2.05) is 19.1 Å². The maximum atomic E-state index is 14.3. The first kappa shape index (κ1) is 23.9. The zero-order valence-electron chi connectivity index (χ0n) is 20.0. The van der Waals surface area contributed by atoms with E-state index in [2.05, 4.69) is 73.7 Å². The van der Waals surface area contributed by atoms with Crippen LogP contribution in [0.5, 0.6) is 0 Å². The predicted molar refractivity (Wildman–Crippen MR) is 138 cm³/mol. The molecule has 0 bridgehead atoms. The van der Waals surface area contributed by atoms with Crippen molar-refractivity contribution in [2.24, 2.45) is 0 Å². The molecular weight excluding hydrogens is 422 g/mol. The summed E-state index contributed by atoms with van der Waals surface area (Å²) < 4.78 is 28.6. The molecule has 0 saturated heterocycles. The lowest BCUT2D eigenvalue weighted by Crippen LogP contribution is -1.99. The molecule has 0 fully saturated rings. The van der Waals surface area contributed by atoms with Crippen molar-refractivity contribution in [2.45, 2.75) is 51.9 Å². The molecule has 174 valence electrons. The van der Waals surface area contributed by atoms with Crippen molar-refractivity contribution in [2.75, 3.05) is 0 Å². The van der Waals surface area contributed by atoms with Gasteiger partial charge in [-0.25, -0.2) is 8.78 Å². The van der Waals surface area contributed by atoms with Crippen LogP contribution < -0.4 is 0 Å². The Labute approximate surface area is 202 Å². The summed E-state index contributed by atoms with van der Waals surface area (Å²) in [6.45, 7) is 4.20. The molecule has 0 aliphatic carbocycles. The van der Waals surface area contributed by atoms with Crippen LogP contribution in [0.1, 0.15) is 54.0 Å². The van der Waals surface area contributed by atoms with Gasteiger partial charge >= 0.3 is 0 Å². The lowest BCUT2D eigenvalue weighted by molar-refractivity contribution is 0.554. The minimum absolute atomic E-state index is 0.184. The van der Waals surface area contributed by atoms with Gasteiger partial charge in [0.05, 0.1) is 0 Å². The second-order valence-corrected chi connectivity index (χ2v) is 9.20. The molecule has 4 aromatic rings. The van der Waals surface area contributed by atoms with E-state index < -0.39 is 11.6 Å². The Kier molecular flexibility index (Phi) is 7.90. The van der Waals surface area contributed by atoms with Crippen LogP contribution in [0.25, 0.3) is 11.1 Å². The number of hydrogen-bond donors (Lipinski definition) is 0. The molecule has 0 nitrogen and oxygen atoms in total. The molecule has 0 N–H and O–H groups in total. The Hall–Kier alpha value is -3.26. The number of benzene rings is 4. The van der Waals surface area contributed by atoms with Gasteiger partial charge in [-0.2, -0.15) is 0 Å². The van der Waals surface area contributed by atoms with E-state index in [0.29, 0.717) is 17.9 Å².